The van der Waals surface area contributed by atoms with Crippen molar-refractivity contribution in [3.05, 3.63) is 203 Å². The van der Waals surface area contributed by atoms with E-state index < -0.39 is 180 Å². The highest BCUT2D eigenvalue weighted by molar-refractivity contribution is 8.76. The minimum absolute atomic E-state index is 0.00283. The van der Waals surface area contributed by atoms with Crippen molar-refractivity contribution in [2.45, 2.75) is 296 Å². The summed E-state index contributed by atoms with van der Waals surface area (Å²) in [6, 6.07) is 38.5. The molecule has 758 valence electrons. The second-order valence-electron chi connectivity index (χ2n) is 39.1. The molecule has 1 aliphatic rings. The van der Waals surface area contributed by atoms with E-state index in [4.69, 9.17) is 37.9 Å². The average Bonchev–Trinajstić information content (AvgIpc) is 0.753. The third-order valence-corrected chi connectivity index (χ3v) is 25.6. The lowest BCUT2D eigenvalue weighted by molar-refractivity contribution is -0.143. The third-order valence-electron chi connectivity index (χ3n) is 22.4. The predicted molar refractivity (Wildman–Crippen MR) is 545 cm³/mol. The van der Waals surface area contributed by atoms with Gasteiger partial charge in [0.25, 0.3) is 0 Å². The van der Waals surface area contributed by atoms with E-state index in [1.54, 1.807) is 158 Å². The van der Waals surface area contributed by atoms with Gasteiger partial charge in [0.05, 0.1) is 62.5 Å². The molecule has 0 saturated heterocycles. The van der Waals surface area contributed by atoms with Crippen LogP contribution >= 0.6 is 33.3 Å². The molecule has 0 aromatic heterocycles. The Morgan fingerprint density at radius 1 is 0.406 bits per heavy atom. The van der Waals surface area contributed by atoms with E-state index in [1.807, 2.05) is 166 Å². The summed E-state index contributed by atoms with van der Waals surface area (Å²) in [6.45, 7) is 31.0. The van der Waals surface area contributed by atoms with Crippen LogP contribution in [-0.4, -0.2) is 224 Å². The molecular weight excluding hydrogens is 1810 g/mol. The lowest BCUT2D eigenvalue weighted by atomic mass is 9.80. The van der Waals surface area contributed by atoms with E-state index in [1.165, 1.54) is 10.8 Å². The van der Waals surface area contributed by atoms with Gasteiger partial charge in [-0.1, -0.05) is 226 Å². The highest BCUT2D eigenvalue weighted by Crippen LogP contribution is 2.41. The van der Waals surface area contributed by atoms with Gasteiger partial charge in [-0.3, -0.25) is 47.9 Å². The van der Waals surface area contributed by atoms with Crippen LogP contribution in [0.25, 0.3) is 0 Å². The fraction of sp³-hybridized carbons (Fsp3) is 0.557. The van der Waals surface area contributed by atoms with Gasteiger partial charge in [0.2, 0.25) is 53.2 Å². The van der Waals surface area contributed by atoms with Crippen LogP contribution in [0.15, 0.2) is 170 Å². The number of benzene rings is 6. The Bertz CT molecular complexity index is 4650. The number of hydrogen-bond acceptors (Lipinski definition) is 22. The highest BCUT2D eigenvalue weighted by Gasteiger charge is 2.44. The van der Waals surface area contributed by atoms with Crippen LogP contribution in [0.2, 0.25) is 0 Å². The predicted octanol–water partition coefficient (Wildman–Crippen LogP) is 13.8. The molecular formula is C106H152N10O19S3. The summed E-state index contributed by atoms with van der Waals surface area (Å²) in [7, 11) is 2.98. The van der Waals surface area contributed by atoms with Crippen molar-refractivity contribution in [2.24, 2.45) is 11.8 Å². The standard InChI is InChI=1S/C106H152N10O19S3/c1-20-71(5)90(99(125)109-82(57-62-136-19)92(118)76-41-31-23-22-24-32-42-76)115-96(122)85(63-73-39-29-25-30-40-73)110-95(121)84(65-75-51-55-81(56-52-75)135-105(16,17)18)111-97(123)87(67-131-106(77-43-33-26-34-44-77,78-45-35-27-36-46-78)79-47-37-28-38-48-79)113-100(126)91(72(6)133-103(10,11)12)116-98(124)86(66-130-102(7,8)9)112-94(120)83(64-74-49-53-80(54-50-74)134-104(13,14)15)108-89(117)68-129-61-60-128-59-58-107-93(119)88(69-138-137-21-2)114-101(127)132-70(3)4/h25-30,33-40,43-56,70-72,76,82-88,90-91H,20-24,31-32,41-42,57-69H2,1-19H3,(H,107,119)(H,108,117)(H,109,125)(H,110,121)(H,111,123)(H,112,120)(H,113,126)(H,114,127)(H,115,122)(H,116,124)/t71?,72?,82-,83-,84-,85-,86-,87-,88-,90-,91-/m0/s1. The quantitative estimate of drug-likeness (QED) is 0.00963. The van der Waals surface area contributed by atoms with Gasteiger partial charge in [0, 0.05) is 43.2 Å². The van der Waals surface area contributed by atoms with Gasteiger partial charge in [0.1, 0.15) is 83.2 Å². The van der Waals surface area contributed by atoms with Crippen LogP contribution in [0, 0.1) is 11.8 Å². The highest BCUT2D eigenvalue weighted by atomic mass is 33.1. The van der Waals surface area contributed by atoms with Crippen LogP contribution in [-0.2, 0) is 101 Å². The summed E-state index contributed by atoms with van der Waals surface area (Å²) >= 11 is 1.57. The zero-order valence-electron chi connectivity index (χ0n) is 84.2. The summed E-state index contributed by atoms with van der Waals surface area (Å²) in [4.78, 5) is 165. The minimum atomic E-state index is -1.80. The molecule has 2 unspecified atom stereocenters. The zero-order valence-corrected chi connectivity index (χ0v) is 86.7. The Morgan fingerprint density at radius 3 is 1.30 bits per heavy atom. The fourth-order valence-electron chi connectivity index (χ4n) is 15.6. The summed E-state index contributed by atoms with van der Waals surface area (Å²) < 4.78 is 49.4. The third kappa shape index (κ3) is 41.0. The first-order valence-electron chi connectivity index (χ1n) is 48.3. The van der Waals surface area contributed by atoms with Crippen LogP contribution in [0.4, 0.5) is 4.79 Å². The SMILES string of the molecule is CCSSC[C@H](NC(=O)OC(C)C)C(=O)NCCOCCOCC(=O)N[C@@H](Cc1ccc(OC(C)(C)C)cc1)C(=O)N[C@@H](COC(C)(C)C)C(=O)N[C@H](C(=O)N[C@@H](COC(c1ccccc1)(c1ccccc1)c1ccccc1)C(=O)N[C@@H](Cc1ccc(OC(C)(C)C)cc1)C(=O)N[C@@H](Cc1ccccc1)C(=O)N[C@H](C(=O)N[C@@H](CCSC)C(=O)C1CCCCCCC1)C(C)CC)C(C)OC(C)(C)C. The molecule has 0 heterocycles. The van der Waals surface area contributed by atoms with Crippen LogP contribution in [0.3, 0.4) is 0 Å². The number of Topliss-reactive ketones (excluding diaryl/α,β-unsaturated/α-hetero) is 1. The first-order chi connectivity index (χ1) is 65.5. The Kier molecular flexibility index (Phi) is 48.0. The molecule has 6 aromatic rings. The van der Waals surface area contributed by atoms with Gasteiger partial charge in [-0.25, -0.2) is 4.79 Å². The second-order valence-corrected chi connectivity index (χ2v) is 42.9. The van der Waals surface area contributed by atoms with Crippen LogP contribution < -0.4 is 62.6 Å². The van der Waals surface area contributed by atoms with Gasteiger partial charge in [-0.2, -0.15) is 11.8 Å². The smallest absolute Gasteiger partial charge is 0.408 e. The maximum Gasteiger partial charge on any atom is 0.408 e. The van der Waals surface area contributed by atoms with Crippen molar-refractivity contribution in [1.29, 1.82) is 0 Å². The number of thioether (sulfide) groups is 1. The maximum atomic E-state index is 16.5. The molecule has 32 heteroatoms. The minimum Gasteiger partial charge on any atom is -0.488 e. The number of nitrogens with one attached hydrogen (secondary N) is 10. The molecule has 6 aromatic carbocycles. The topological polar surface area (TPSA) is 382 Å². The summed E-state index contributed by atoms with van der Waals surface area (Å²) in [6.07, 6.45) is 6.48. The van der Waals surface area contributed by atoms with Crippen molar-refractivity contribution in [3.63, 3.8) is 0 Å². The number of amides is 10. The number of hydrogen-bond donors (Lipinski definition) is 10. The lowest BCUT2D eigenvalue weighted by Gasteiger charge is -2.37. The Balaban J connectivity index is 1.27. The fourth-order valence-corrected chi connectivity index (χ4v) is 17.9. The largest absolute Gasteiger partial charge is 0.488 e. The molecule has 0 aliphatic heterocycles. The van der Waals surface area contributed by atoms with Gasteiger partial charge in [-0.15, -0.1) is 0 Å². The Morgan fingerprint density at radius 2 is 0.826 bits per heavy atom. The summed E-state index contributed by atoms with van der Waals surface area (Å²) in [5.74, 6) is -4.95. The molecule has 11 atom stereocenters. The Labute approximate surface area is 829 Å². The van der Waals surface area contributed by atoms with E-state index in [2.05, 4.69) is 53.2 Å². The molecule has 1 aliphatic carbocycles. The normalized spacial score (nSPS) is 15.3. The molecule has 138 heavy (non-hydrogen) atoms. The molecule has 1 fully saturated rings. The van der Waals surface area contributed by atoms with Gasteiger partial charge >= 0.3 is 6.09 Å². The molecule has 10 N–H and O–H groups in total. The number of carbonyl (C=O) groups excluding carboxylic acids is 11. The lowest BCUT2D eigenvalue weighted by Crippen LogP contribution is -2.64. The van der Waals surface area contributed by atoms with E-state index in [-0.39, 0.29) is 57.3 Å². The summed E-state index contributed by atoms with van der Waals surface area (Å²) in [5.41, 5.74) is -1.03. The number of alkyl carbamates (subject to hydrolysis) is 1. The van der Waals surface area contributed by atoms with Gasteiger partial charge in [-0.05, 0) is 199 Å². The maximum absolute atomic E-state index is 16.5. The van der Waals surface area contributed by atoms with E-state index >= 15 is 33.6 Å². The molecule has 1 saturated carbocycles. The van der Waals surface area contributed by atoms with Crippen LogP contribution in [0.5, 0.6) is 11.5 Å². The molecule has 7 rings (SSSR count). The molecule has 0 bridgehead atoms. The zero-order chi connectivity index (χ0) is 101. The molecule has 29 nitrogen and oxygen atoms in total. The van der Waals surface area contributed by atoms with E-state index in [0.29, 0.717) is 69.2 Å². The van der Waals surface area contributed by atoms with E-state index in [0.717, 1.165) is 50.7 Å². The van der Waals surface area contributed by atoms with Gasteiger partial charge < -0.3 is 91.1 Å². The monoisotopic (exact) mass is 1970 g/mol. The van der Waals surface area contributed by atoms with Crippen molar-refractivity contribution >= 4 is 98.4 Å². The number of ketones is 1. The molecule has 10 amide bonds. The Hall–Kier alpha value is -10.1. The number of ether oxygens (including phenoxy) is 8. The van der Waals surface area contributed by atoms with Gasteiger partial charge in [0.15, 0.2) is 5.78 Å². The van der Waals surface area contributed by atoms with Crippen LogP contribution in [0.1, 0.15) is 216 Å². The first kappa shape index (κ1) is 115. The van der Waals surface area contributed by atoms with Crippen molar-refractivity contribution in [2.75, 3.05) is 69.7 Å². The van der Waals surface area contributed by atoms with Crippen molar-refractivity contribution < 1.29 is 90.6 Å². The summed E-state index contributed by atoms with van der Waals surface area (Å²) in [5, 5.41) is 29.0. The second kappa shape index (κ2) is 57.6. The number of rotatable bonds is 55. The van der Waals surface area contributed by atoms with Crippen molar-refractivity contribution in [3.8, 4) is 11.5 Å². The number of carbonyl (C=O) groups is 11. The average molecular weight is 1970 g/mol. The van der Waals surface area contributed by atoms with Crippen molar-refractivity contribution in [1.82, 2.24) is 53.2 Å². The first-order valence-corrected chi connectivity index (χ1v) is 52.2. The van der Waals surface area contributed by atoms with E-state index in [9.17, 15) is 19.2 Å². The molecule has 0 spiro atoms. The molecule has 0 radical (unpaired) electrons.